The van der Waals surface area contributed by atoms with E-state index in [1.54, 1.807) is 0 Å². The smallest absolute Gasteiger partial charge is 0.315 e. The highest BCUT2D eigenvalue weighted by Gasteiger charge is 2.71. The van der Waals surface area contributed by atoms with Crippen molar-refractivity contribution in [3.8, 4) is 0 Å². The summed E-state index contributed by atoms with van der Waals surface area (Å²) in [6.45, 7) is 6.30. The zero-order valence-corrected chi connectivity index (χ0v) is 11.7. The van der Waals surface area contributed by atoms with Gasteiger partial charge < -0.3 is 9.47 Å². The summed E-state index contributed by atoms with van der Waals surface area (Å²) >= 11 is 0. The van der Waals surface area contributed by atoms with Crippen LogP contribution in [0.1, 0.15) is 50.3 Å². The van der Waals surface area contributed by atoms with Gasteiger partial charge in [-0.1, -0.05) is 24.3 Å². The SMILES string of the molecule is CCOC(=O)[C@@]12C[C@@H]1c1ccccc1[C@@H]2OC(C)C. The maximum atomic E-state index is 12.4. The number of carbonyl (C=O) groups is 1. The van der Waals surface area contributed by atoms with Gasteiger partial charge in [0.05, 0.1) is 18.8 Å². The van der Waals surface area contributed by atoms with Crippen LogP contribution in [0.15, 0.2) is 24.3 Å². The summed E-state index contributed by atoms with van der Waals surface area (Å²) in [5.41, 5.74) is 1.98. The molecule has 0 spiro atoms. The van der Waals surface area contributed by atoms with E-state index in [4.69, 9.17) is 9.47 Å². The fourth-order valence-corrected chi connectivity index (χ4v) is 3.37. The maximum Gasteiger partial charge on any atom is 0.315 e. The van der Waals surface area contributed by atoms with E-state index in [1.165, 1.54) is 11.1 Å². The van der Waals surface area contributed by atoms with Gasteiger partial charge in [0.1, 0.15) is 5.41 Å². The molecule has 2 aliphatic carbocycles. The lowest BCUT2D eigenvalue weighted by molar-refractivity contribution is -0.158. The normalized spacial score (nSPS) is 30.9. The lowest BCUT2D eigenvalue weighted by Gasteiger charge is -2.25. The van der Waals surface area contributed by atoms with E-state index in [0.29, 0.717) is 6.61 Å². The number of hydrogen-bond donors (Lipinski definition) is 0. The molecule has 1 fully saturated rings. The number of esters is 1. The third kappa shape index (κ3) is 1.71. The molecule has 0 saturated heterocycles. The predicted octanol–water partition coefficient (Wildman–Crippen LogP) is 3.20. The van der Waals surface area contributed by atoms with Crippen LogP contribution in [0.25, 0.3) is 0 Å². The molecule has 3 heteroatoms. The number of benzene rings is 1. The number of rotatable bonds is 4. The summed E-state index contributed by atoms with van der Waals surface area (Å²) in [4.78, 5) is 12.4. The van der Waals surface area contributed by atoms with Crippen molar-refractivity contribution in [2.75, 3.05) is 6.61 Å². The topological polar surface area (TPSA) is 35.5 Å². The van der Waals surface area contributed by atoms with Gasteiger partial charge in [0, 0.05) is 5.92 Å². The van der Waals surface area contributed by atoms with E-state index in [2.05, 4.69) is 12.1 Å². The van der Waals surface area contributed by atoms with Crippen molar-refractivity contribution in [3.63, 3.8) is 0 Å². The zero-order valence-electron chi connectivity index (χ0n) is 11.7. The quantitative estimate of drug-likeness (QED) is 0.780. The molecule has 0 aliphatic heterocycles. The summed E-state index contributed by atoms with van der Waals surface area (Å²) < 4.78 is 11.4. The minimum Gasteiger partial charge on any atom is -0.465 e. The molecule has 0 bridgehead atoms. The van der Waals surface area contributed by atoms with Gasteiger partial charge in [-0.3, -0.25) is 4.79 Å². The van der Waals surface area contributed by atoms with Crippen molar-refractivity contribution in [1.82, 2.24) is 0 Å². The van der Waals surface area contributed by atoms with Gasteiger partial charge in [-0.05, 0) is 38.3 Å². The molecule has 0 unspecified atom stereocenters. The molecule has 0 amide bonds. The molecule has 0 radical (unpaired) electrons. The number of carbonyl (C=O) groups excluding carboxylic acids is 1. The molecule has 1 aromatic carbocycles. The van der Waals surface area contributed by atoms with Gasteiger partial charge in [0.25, 0.3) is 0 Å². The Kier molecular flexibility index (Phi) is 2.90. The lowest BCUT2D eigenvalue weighted by atomic mass is 9.96. The summed E-state index contributed by atoms with van der Waals surface area (Å²) in [7, 11) is 0. The van der Waals surface area contributed by atoms with Crippen molar-refractivity contribution in [2.24, 2.45) is 5.41 Å². The van der Waals surface area contributed by atoms with E-state index >= 15 is 0 Å². The molecular weight excluding hydrogens is 240 g/mol. The Morgan fingerprint density at radius 1 is 1.37 bits per heavy atom. The van der Waals surface area contributed by atoms with Gasteiger partial charge in [-0.25, -0.2) is 0 Å². The minimum absolute atomic E-state index is 0.0955. The third-order valence-corrected chi connectivity index (χ3v) is 4.19. The number of fused-ring (bicyclic) bond motifs is 3. The molecule has 3 atom stereocenters. The lowest BCUT2D eigenvalue weighted by Crippen LogP contribution is -2.28. The van der Waals surface area contributed by atoms with Crippen LogP contribution < -0.4 is 0 Å². The summed E-state index contributed by atoms with van der Waals surface area (Å²) in [6.07, 6.45) is 0.816. The highest BCUT2D eigenvalue weighted by atomic mass is 16.5. The Hall–Kier alpha value is -1.35. The van der Waals surface area contributed by atoms with Gasteiger partial charge in [-0.2, -0.15) is 0 Å². The summed E-state index contributed by atoms with van der Waals surface area (Å²) in [5.74, 6) is 0.188. The molecule has 3 rings (SSSR count). The summed E-state index contributed by atoms with van der Waals surface area (Å²) in [5, 5.41) is 0. The summed E-state index contributed by atoms with van der Waals surface area (Å²) in [6, 6.07) is 8.24. The average molecular weight is 260 g/mol. The van der Waals surface area contributed by atoms with Crippen LogP contribution in [0.4, 0.5) is 0 Å². The Morgan fingerprint density at radius 2 is 2.05 bits per heavy atom. The standard InChI is InChI=1S/C16H20O3/c1-4-18-15(17)16-9-13(16)11-7-5-6-8-12(11)14(16)19-10(2)3/h5-8,10,13-14H,4,9H2,1-3H3/t13-,14+,16+/m1/s1. The Labute approximate surface area is 113 Å². The van der Waals surface area contributed by atoms with E-state index in [9.17, 15) is 4.79 Å². The largest absolute Gasteiger partial charge is 0.465 e. The Morgan fingerprint density at radius 3 is 2.68 bits per heavy atom. The van der Waals surface area contributed by atoms with E-state index in [0.717, 1.165) is 6.42 Å². The van der Waals surface area contributed by atoms with Crippen molar-refractivity contribution in [3.05, 3.63) is 35.4 Å². The van der Waals surface area contributed by atoms with Gasteiger partial charge in [0.15, 0.2) is 0 Å². The predicted molar refractivity (Wildman–Crippen MR) is 71.8 cm³/mol. The molecule has 19 heavy (non-hydrogen) atoms. The molecule has 0 aromatic heterocycles. The highest BCUT2D eigenvalue weighted by Crippen LogP contribution is 2.73. The molecule has 0 heterocycles. The van der Waals surface area contributed by atoms with Crippen LogP contribution >= 0.6 is 0 Å². The fraction of sp³-hybridized carbons (Fsp3) is 0.562. The van der Waals surface area contributed by atoms with E-state index in [-0.39, 0.29) is 24.1 Å². The van der Waals surface area contributed by atoms with Crippen molar-refractivity contribution >= 4 is 5.97 Å². The van der Waals surface area contributed by atoms with E-state index < -0.39 is 5.41 Å². The average Bonchev–Trinajstić information content (AvgIpc) is 3.07. The van der Waals surface area contributed by atoms with Crippen LogP contribution in [-0.4, -0.2) is 18.7 Å². The van der Waals surface area contributed by atoms with Crippen LogP contribution in [0, 0.1) is 5.41 Å². The molecule has 2 aliphatic rings. The number of hydrogen-bond acceptors (Lipinski definition) is 3. The zero-order chi connectivity index (χ0) is 13.6. The van der Waals surface area contributed by atoms with Crippen LogP contribution in [0.5, 0.6) is 0 Å². The Balaban J connectivity index is 1.98. The molecule has 1 aromatic rings. The minimum atomic E-state index is -0.454. The number of ether oxygens (including phenoxy) is 2. The molecule has 1 saturated carbocycles. The second-order valence-corrected chi connectivity index (χ2v) is 5.71. The second kappa shape index (κ2) is 4.34. The van der Waals surface area contributed by atoms with Crippen LogP contribution in [0.2, 0.25) is 0 Å². The van der Waals surface area contributed by atoms with Gasteiger partial charge in [0.2, 0.25) is 0 Å². The first kappa shape index (κ1) is 12.7. The van der Waals surface area contributed by atoms with Crippen molar-refractivity contribution in [2.45, 2.75) is 45.3 Å². The molecule has 102 valence electrons. The van der Waals surface area contributed by atoms with Gasteiger partial charge >= 0.3 is 5.97 Å². The third-order valence-electron chi connectivity index (χ3n) is 4.19. The van der Waals surface area contributed by atoms with E-state index in [1.807, 2.05) is 32.9 Å². The second-order valence-electron chi connectivity index (χ2n) is 5.71. The first-order valence-electron chi connectivity index (χ1n) is 7.02. The highest BCUT2D eigenvalue weighted by molar-refractivity contribution is 5.86. The van der Waals surface area contributed by atoms with Crippen LogP contribution in [-0.2, 0) is 14.3 Å². The first-order valence-corrected chi connectivity index (χ1v) is 7.02. The Bertz CT molecular complexity index is 508. The first-order chi connectivity index (χ1) is 9.11. The van der Waals surface area contributed by atoms with Crippen LogP contribution in [0.3, 0.4) is 0 Å². The molecular formula is C16H20O3. The maximum absolute atomic E-state index is 12.4. The monoisotopic (exact) mass is 260 g/mol. The van der Waals surface area contributed by atoms with Crippen molar-refractivity contribution < 1.29 is 14.3 Å². The van der Waals surface area contributed by atoms with Gasteiger partial charge in [-0.15, -0.1) is 0 Å². The van der Waals surface area contributed by atoms with Crippen molar-refractivity contribution in [1.29, 1.82) is 0 Å². The molecule has 3 nitrogen and oxygen atoms in total. The molecule has 0 N–H and O–H groups in total. The fourth-order valence-electron chi connectivity index (χ4n) is 3.37.